The second-order valence-corrected chi connectivity index (χ2v) is 3.58. The number of nitrogens with two attached hydrogens (primary N) is 1. The SMILES string of the molecule is CC(N)C(=O)CCN(C)C(C)C. The minimum absolute atomic E-state index is 0.141. The van der Waals surface area contributed by atoms with E-state index in [2.05, 4.69) is 18.7 Å². The molecule has 0 aliphatic rings. The third-order valence-electron chi connectivity index (χ3n) is 2.10. The van der Waals surface area contributed by atoms with Crippen molar-refractivity contribution in [2.75, 3.05) is 13.6 Å². The first-order valence-corrected chi connectivity index (χ1v) is 4.43. The van der Waals surface area contributed by atoms with Crippen LogP contribution < -0.4 is 5.73 Å². The lowest BCUT2D eigenvalue weighted by molar-refractivity contribution is -0.120. The third-order valence-corrected chi connectivity index (χ3v) is 2.10. The van der Waals surface area contributed by atoms with Gasteiger partial charge in [-0.05, 0) is 27.8 Å². The van der Waals surface area contributed by atoms with Crippen LogP contribution in [0.4, 0.5) is 0 Å². The zero-order chi connectivity index (χ0) is 9.72. The molecule has 2 N–H and O–H groups in total. The van der Waals surface area contributed by atoms with Gasteiger partial charge in [0.15, 0.2) is 5.78 Å². The number of rotatable bonds is 5. The fourth-order valence-electron chi connectivity index (χ4n) is 0.772. The molecular formula is C9H20N2O. The van der Waals surface area contributed by atoms with Crippen LogP contribution in [0.2, 0.25) is 0 Å². The fraction of sp³-hybridized carbons (Fsp3) is 0.889. The summed E-state index contributed by atoms with van der Waals surface area (Å²) in [5.41, 5.74) is 5.43. The molecule has 0 radical (unpaired) electrons. The maximum atomic E-state index is 11.1. The molecule has 0 aromatic carbocycles. The molecule has 0 bridgehead atoms. The average molecular weight is 172 g/mol. The number of carbonyl (C=O) groups is 1. The molecule has 0 aromatic heterocycles. The lowest BCUT2D eigenvalue weighted by Crippen LogP contribution is -2.33. The van der Waals surface area contributed by atoms with Crippen molar-refractivity contribution in [1.29, 1.82) is 0 Å². The minimum atomic E-state index is -0.314. The summed E-state index contributed by atoms with van der Waals surface area (Å²) in [6, 6.07) is 0.177. The number of Topliss-reactive ketones (excluding diaryl/α,β-unsaturated/α-hetero) is 1. The largest absolute Gasteiger partial charge is 0.322 e. The number of nitrogens with zero attached hydrogens (tertiary/aromatic N) is 1. The molecule has 0 amide bonds. The van der Waals surface area contributed by atoms with Gasteiger partial charge in [0.1, 0.15) is 0 Å². The maximum absolute atomic E-state index is 11.1. The lowest BCUT2D eigenvalue weighted by Gasteiger charge is -2.20. The molecule has 3 nitrogen and oxygen atoms in total. The molecule has 0 saturated heterocycles. The van der Waals surface area contributed by atoms with Gasteiger partial charge in [0, 0.05) is 19.0 Å². The van der Waals surface area contributed by atoms with Crippen LogP contribution in [0, 0.1) is 0 Å². The van der Waals surface area contributed by atoms with Gasteiger partial charge in [0.05, 0.1) is 6.04 Å². The predicted octanol–water partition coefficient (Wildman–Crippen LogP) is 0.633. The smallest absolute Gasteiger partial charge is 0.150 e. The van der Waals surface area contributed by atoms with E-state index in [9.17, 15) is 4.79 Å². The molecule has 0 aromatic rings. The van der Waals surface area contributed by atoms with E-state index in [1.54, 1.807) is 6.92 Å². The van der Waals surface area contributed by atoms with Crippen molar-refractivity contribution in [3.05, 3.63) is 0 Å². The van der Waals surface area contributed by atoms with E-state index in [1.165, 1.54) is 0 Å². The number of ketones is 1. The first-order chi connectivity index (χ1) is 5.45. The highest BCUT2D eigenvalue weighted by Gasteiger charge is 2.09. The Balaban J connectivity index is 3.61. The molecule has 12 heavy (non-hydrogen) atoms. The van der Waals surface area contributed by atoms with E-state index in [-0.39, 0.29) is 11.8 Å². The van der Waals surface area contributed by atoms with Crippen LogP contribution in [-0.2, 0) is 4.79 Å². The summed E-state index contributed by atoms with van der Waals surface area (Å²) in [7, 11) is 2.01. The van der Waals surface area contributed by atoms with Crippen molar-refractivity contribution < 1.29 is 4.79 Å². The van der Waals surface area contributed by atoms with Gasteiger partial charge in [-0.1, -0.05) is 0 Å². The van der Waals surface area contributed by atoms with Gasteiger partial charge in [-0.15, -0.1) is 0 Å². The second kappa shape index (κ2) is 5.27. The molecule has 0 aliphatic carbocycles. The van der Waals surface area contributed by atoms with Gasteiger partial charge >= 0.3 is 0 Å². The van der Waals surface area contributed by atoms with Crippen LogP contribution in [0.15, 0.2) is 0 Å². The van der Waals surface area contributed by atoms with E-state index in [0.717, 1.165) is 6.54 Å². The Hall–Kier alpha value is -0.410. The topological polar surface area (TPSA) is 46.3 Å². The summed E-state index contributed by atoms with van der Waals surface area (Å²) in [5, 5.41) is 0. The summed E-state index contributed by atoms with van der Waals surface area (Å²) in [6.45, 7) is 6.75. The minimum Gasteiger partial charge on any atom is -0.322 e. The highest BCUT2D eigenvalue weighted by atomic mass is 16.1. The molecule has 3 heteroatoms. The van der Waals surface area contributed by atoms with E-state index >= 15 is 0 Å². The van der Waals surface area contributed by atoms with Crippen molar-refractivity contribution in [2.45, 2.75) is 39.3 Å². The number of hydrogen-bond donors (Lipinski definition) is 1. The summed E-state index contributed by atoms with van der Waals surface area (Å²) >= 11 is 0. The Morgan fingerprint density at radius 2 is 1.92 bits per heavy atom. The first-order valence-electron chi connectivity index (χ1n) is 4.43. The number of carbonyl (C=O) groups excluding carboxylic acids is 1. The molecular weight excluding hydrogens is 152 g/mol. The Labute approximate surface area is 74.9 Å². The van der Waals surface area contributed by atoms with E-state index in [4.69, 9.17) is 5.73 Å². The lowest BCUT2D eigenvalue weighted by atomic mass is 10.1. The van der Waals surface area contributed by atoms with Gasteiger partial charge in [0.25, 0.3) is 0 Å². The van der Waals surface area contributed by atoms with Gasteiger partial charge in [-0.3, -0.25) is 4.79 Å². The van der Waals surface area contributed by atoms with Gasteiger partial charge in [-0.2, -0.15) is 0 Å². The monoisotopic (exact) mass is 172 g/mol. The van der Waals surface area contributed by atoms with Crippen molar-refractivity contribution in [1.82, 2.24) is 4.90 Å². The quantitative estimate of drug-likeness (QED) is 0.661. The van der Waals surface area contributed by atoms with E-state index in [0.29, 0.717) is 12.5 Å². The number of hydrogen-bond acceptors (Lipinski definition) is 3. The van der Waals surface area contributed by atoms with Crippen molar-refractivity contribution in [3.63, 3.8) is 0 Å². The van der Waals surface area contributed by atoms with E-state index < -0.39 is 0 Å². The van der Waals surface area contributed by atoms with Gasteiger partial charge in [0.2, 0.25) is 0 Å². The third kappa shape index (κ3) is 4.46. The molecule has 0 rings (SSSR count). The summed E-state index contributed by atoms with van der Waals surface area (Å²) < 4.78 is 0. The van der Waals surface area contributed by atoms with Crippen molar-refractivity contribution >= 4 is 5.78 Å². The molecule has 1 unspecified atom stereocenters. The van der Waals surface area contributed by atoms with Crippen LogP contribution in [0.25, 0.3) is 0 Å². The molecule has 0 spiro atoms. The molecule has 72 valence electrons. The molecule has 0 aliphatic heterocycles. The highest BCUT2D eigenvalue weighted by Crippen LogP contribution is 1.96. The second-order valence-electron chi connectivity index (χ2n) is 3.58. The Kier molecular flexibility index (Phi) is 5.09. The van der Waals surface area contributed by atoms with Crippen LogP contribution in [0.5, 0.6) is 0 Å². The molecule has 0 heterocycles. The Morgan fingerprint density at radius 1 is 1.42 bits per heavy atom. The highest BCUT2D eigenvalue weighted by molar-refractivity contribution is 5.83. The van der Waals surface area contributed by atoms with Gasteiger partial charge in [-0.25, -0.2) is 0 Å². The summed E-state index contributed by atoms with van der Waals surface area (Å²) in [5.74, 6) is 0.141. The van der Waals surface area contributed by atoms with Crippen molar-refractivity contribution in [2.24, 2.45) is 5.73 Å². The van der Waals surface area contributed by atoms with E-state index in [1.807, 2.05) is 7.05 Å². The van der Waals surface area contributed by atoms with Crippen molar-refractivity contribution in [3.8, 4) is 0 Å². The van der Waals surface area contributed by atoms with Crippen LogP contribution in [-0.4, -0.2) is 36.4 Å². The predicted molar refractivity (Wildman–Crippen MR) is 51.0 cm³/mol. The summed E-state index contributed by atoms with van der Waals surface area (Å²) in [6.07, 6.45) is 0.562. The zero-order valence-corrected chi connectivity index (χ0v) is 8.50. The zero-order valence-electron chi connectivity index (χ0n) is 8.50. The van der Waals surface area contributed by atoms with Crippen LogP contribution >= 0.6 is 0 Å². The van der Waals surface area contributed by atoms with Gasteiger partial charge < -0.3 is 10.6 Å². The molecule has 0 fully saturated rings. The molecule has 1 atom stereocenters. The Morgan fingerprint density at radius 3 is 2.25 bits per heavy atom. The standard InChI is InChI=1S/C9H20N2O/c1-7(2)11(4)6-5-9(12)8(3)10/h7-8H,5-6,10H2,1-4H3. The normalized spacial score (nSPS) is 13.9. The average Bonchev–Trinajstić information content (AvgIpc) is 1.98. The molecule has 0 saturated carbocycles. The van der Waals surface area contributed by atoms with Crippen LogP contribution in [0.1, 0.15) is 27.2 Å². The summed E-state index contributed by atoms with van der Waals surface area (Å²) in [4.78, 5) is 13.3. The fourth-order valence-corrected chi connectivity index (χ4v) is 0.772. The van der Waals surface area contributed by atoms with Crippen LogP contribution in [0.3, 0.4) is 0 Å². The maximum Gasteiger partial charge on any atom is 0.150 e. The Bertz CT molecular complexity index is 143. The first kappa shape index (κ1) is 11.6.